The molecule has 0 bridgehead atoms. The normalized spacial score (nSPS) is 12.8. The topological polar surface area (TPSA) is 39.2 Å². The van der Waals surface area contributed by atoms with Gasteiger partial charge in [0.25, 0.3) is 0 Å². The van der Waals surface area contributed by atoms with Crippen LogP contribution in [0.15, 0.2) is 63.9 Å². The number of rotatable bonds is 2. The van der Waals surface area contributed by atoms with Gasteiger partial charge in [-0.05, 0) is 40.6 Å². The van der Waals surface area contributed by atoms with E-state index in [-0.39, 0.29) is 6.04 Å². The highest BCUT2D eigenvalue weighted by atomic mass is 79.9. The molecule has 0 aliphatic carbocycles. The Morgan fingerprint density at radius 2 is 1.72 bits per heavy atom. The summed E-state index contributed by atoms with van der Waals surface area (Å²) in [5.74, 6) is 0. The molecule has 0 aliphatic heterocycles. The molecule has 2 N–H and O–H groups in total. The SMILES string of the molecule is NC(c1ccoc1)c1ccc2cc(Br)ccc2c1. The second kappa shape index (κ2) is 4.59. The van der Waals surface area contributed by atoms with Gasteiger partial charge in [0.1, 0.15) is 0 Å². The van der Waals surface area contributed by atoms with Crippen molar-refractivity contribution in [1.29, 1.82) is 0 Å². The van der Waals surface area contributed by atoms with Gasteiger partial charge in [-0.1, -0.05) is 34.1 Å². The zero-order chi connectivity index (χ0) is 12.5. The van der Waals surface area contributed by atoms with Crippen LogP contribution in [0.4, 0.5) is 0 Å². The average Bonchev–Trinajstić information content (AvgIpc) is 2.91. The molecule has 1 heterocycles. The van der Waals surface area contributed by atoms with Gasteiger partial charge in [0.05, 0.1) is 18.6 Å². The molecule has 0 amide bonds. The third-order valence-electron chi connectivity index (χ3n) is 3.09. The molecule has 3 rings (SSSR count). The molecule has 18 heavy (non-hydrogen) atoms. The van der Waals surface area contributed by atoms with Crippen LogP contribution in [0.5, 0.6) is 0 Å². The van der Waals surface area contributed by atoms with Crippen LogP contribution < -0.4 is 5.73 Å². The molecule has 0 radical (unpaired) electrons. The van der Waals surface area contributed by atoms with Crippen molar-refractivity contribution in [3.05, 3.63) is 70.6 Å². The molecule has 0 saturated heterocycles. The van der Waals surface area contributed by atoms with E-state index < -0.39 is 0 Å². The number of hydrogen-bond acceptors (Lipinski definition) is 2. The monoisotopic (exact) mass is 301 g/mol. The van der Waals surface area contributed by atoms with E-state index in [0.717, 1.165) is 15.6 Å². The lowest BCUT2D eigenvalue weighted by Crippen LogP contribution is -2.10. The first kappa shape index (κ1) is 11.5. The van der Waals surface area contributed by atoms with Crippen LogP contribution in [-0.4, -0.2) is 0 Å². The van der Waals surface area contributed by atoms with E-state index in [0.29, 0.717) is 0 Å². The minimum absolute atomic E-state index is 0.142. The third kappa shape index (κ3) is 2.07. The Morgan fingerprint density at radius 1 is 0.944 bits per heavy atom. The Balaban J connectivity index is 2.06. The maximum absolute atomic E-state index is 6.21. The second-order valence-electron chi connectivity index (χ2n) is 4.29. The van der Waals surface area contributed by atoms with Gasteiger partial charge in [-0.25, -0.2) is 0 Å². The highest BCUT2D eigenvalue weighted by molar-refractivity contribution is 9.10. The van der Waals surface area contributed by atoms with Crippen LogP contribution >= 0.6 is 15.9 Å². The summed E-state index contributed by atoms with van der Waals surface area (Å²) in [6.07, 6.45) is 3.34. The zero-order valence-corrected chi connectivity index (χ0v) is 11.2. The van der Waals surface area contributed by atoms with E-state index in [1.54, 1.807) is 12.5 Å². The average molecular weight is 302 g/mol. The molecular weight excluding hydrogens is 290 g/mol. The fraction of sp³-hybridized carbons (Fsp3) is 0.0667. The molecule has 1 aromatic heterocycles. The summed E-state index contributed by atoms with van der Waals surface area (Å²) in [5.41, 5.74) is 8.29. The van der Waals surface area contributed by atoms with Gasteiger partial charge in [0, 0.05) is 10.0 Å². The molecule has 0 spiro atoms. The van der Waals surface area contributed by atoms with Gasteiger partial charge in [-0.2, -0.15) is 0 Å². The lowest BCUT2D eigenvalue weighted by molar-refractivity contribution is 0.562. The maximum atomic E-state index is 6.21. The molecule has 3 aromatic rings. The summed E-state index contributed by atoms with van der Waals surface area (Å²) in [7, 11) is 0. The molecule has 90 valence electrons. The van der Waals surface area contributed by atoms with Crippen molar-refractivity contribution in [1.82, 2.24) is 0 Å². The molecule has 2 aromatic carbocycles. The largest absolute Gasteiger partial charge is 0.472 e. The summed E-state index contributed by atoms with van der Waals surface area (Å²) in [4.78, 5) is 0. The molecule has 3 heteroatoms. The van der Waals surface area contributed by atoms with E-state index in [1.807, 2.05) is 12.1 Å². The summed E-state index contributed by atoms with van der Waals surface area (Å²) in [5, 5.41) is 2.39. The Hall–Kier alpha value is -1.58. The fourth-order valence-electron chi connectivity index (χ4n) is 2.07. The highest BCUT2D eigenvalue weighted by Gasteiger charge is 2.10. The standard InChI is InChI=1S/C15H12BrNO/c16-14-4-3-10-7-12(2-1-11(10)8-14)15(17)13-5-6-18-9-13/h1-9,15H,17H2. The Kier molecular flexibility index (Phi) is 2.94. The summed E-state index contributed by atoms with van der Waals surface area (Å²) in [6.45, 7) is 0. The molecule has 0 aliphatic rings. The first-order valence-corrected chi connectivity index (χ1v) is 6.50. The first-order valence-electron chi connectivity index (χ1n) is 5.71. The van der Waals surface area contributed by atoms with Gasteiger partial charge in [0.2, 0.25) is 0 Å². The van der Waals surface area contributed by atoms with Crippen LogP contribution in [0.25, 0.3) is 10.8 Å². The predicted molar refractivity (Wildman–Crippen MR) is 76.4 cm³/mol. The summed E-state index contributed by atoms with van der Waals surface area (Å²) < 4.78 is 6.16. The quantitative estimate of drug-likeness (QED) is 0.769. The van der Waals surface area contributed by atoms with Crippen molar-refractivity contribution in [2.45, 2.75) is 6.04 Å². The van der Waals surface area contributed by atoms with Crippen LogP contribution in [0.2, 0.25) is 0 Å². The van der Waals surface area contributed by atoms with E-state index in [1.165, 1.54) is 10.8 Å². The second-order valence-corrected chi connectivity index (χ2v) is 5.20. The number of fused-ring (bicyclic) bond motifs is 1. The lowest BCUT2D eigenvalue weighted by atomic mass is 9.99. The summed E-state index contributed by atoms with van der Waals surface area (Å²) in [6, 6.07) is 14.3. The number of benzene rings is 2. The summed E-state index contributed by atoms with van der Waals surface area (Å²) >= 11 is 3.47. The van der Waals surface area contributed by atoms with Crippen molar-refractivity contribution in [2.75, 3.05) is 0 Å². The van der Waals surface area contributed by atoms with Crippen molar-refractivity contribution in [3.8, 4) is 0 Å². The van der Waals surface area contributed by atoms with Crippen LogP contribution in [0.3, 0.4) is 0 Å². The minimum atomic E-state index is -0.142. The van der Waals surface area contributed by atoms with E-state index in [4.69, 9.17) is 10.2 Å². The third-order valence-corrected chi connectivity index (χ3v) is 3.58. The lowest BCUT2D eigenvalue weighted by Gasteiger charge is -2.11. The maximum Gasteiger partial charge on any atom is 0.0953 e. The van der Waals surface area contributed by atoms with Crippen LogP contribution in [-0.2, 0) is 0 Å². The number of hydrogen-bond donors (Lipinski definition) is 1. The van der Waals surface area contributed by atoms with E-state index >= 15 is 0 Å². The first-order chi connectivity index (χ1) is 8.74. The van der Waals surface area contributed by atoms with Gasteiger partial charge < -0.3 is 10.2 Å². The Labute approximate surface area is 114 Å². The predicted octanol–water partition coefficient (Wildman–Crippen LogP) is 4.24. The van der Waals surface area contributed by atoms with Crippen molar-refractivity contribution >= 4 is 26.7 Å². The van der Waals surface area contributed by atoms with Gasteiger partial charge in [0.15, 0.2) is 0 Å². The van der Waals surface area contributed by atoms with Crippen molar-refractivity contribution in [3.63, 3.8) is 0 Å². The Bertz CT molecular complexity index is 676. The van der Waals surface area contributed by atoms with E-state index in [9.17, 15) is 0 Å². The van der Waals surface area contributed by atoms with Gasteiger partial charge in [-0.3, -0.25) is 0 Å². The zero-order valence-electron chi connectivity index (χ0n) is 9.64. The number of nitrogens with two attached hydrogens (primary N) is 1. The molecular formula is C15H12BrNO. The fourth-order valence-corrected chi connectivity index (χ4v) is 2.45. The molecule has 0 saturated carbocycles. The number of halogens is 1. The van der Waals surface area contributed by atoms with Crippen LogP contribution in [0, 0.1) is 0 Å². The Morgan fingerprint density at radius 3 is 2.50 bits per heavy atom. The molecule has 1 unspecified atom stereocenters. The van der Waals surface area contributed by atoms with E-state index in [2.05, 4.69) is 46.3 Å². The molecule has 0 fully saturated rings. The van der Waals surface area contributed by atoms with Gasteiger partial charge in [-0.15, -0.1) is 0 Å². The van der Waals surface area contributed by atoms with Crippen LogP contribution in [0.1, 0.15) is 17.2 Å². The van der Waals surface area contributed by atoms with Crippen molar-refractivity contribution < 1.29 is 4.42 Å². The highest BCUT2D eigenvalue weighted by Crippen LogP contribution is 2.25. The number of furan rings is 1. The smallest absolute Gasteiger partial charge is 0.0953 e. The minimum Gasteiger partial charge on any atom is -0.472 e. The van der Waals surface area contributed by atoms with Gasteiger partial charge >= 0.3 is 0 Å². The van der Waals surface area contributed by atoms with Crippen molar-refractivity contribution in [2.24, 2.45) is 5.73 Å². The molecule has 1 atom stereocenters. The molecule has 2 nitrogen and oxygen atoms in total.